The van der Waals surface area contributed by atoms with Gasteiger partial charge in [-0.2, -0.15) is 13.2 Å². The Bertz CT molecular complexity index is 2380. The van der Waals surface area contributed by atoms with Crippen LogP contribution in [0.1, 0.15) is 39.2 Å². The molecule has 308 valence electrons. The summed E-state index contributed by atoms with van der Waals surface area (Å²) in [5.74, 6) is 0.786. The lowest BCUT2D eigenvalue weighted by molar-refractivity contribution is -0.384. The van der Waals surface area contributed by atoms with Crippen molar-refractivity contribution in [3.8, 4) is 0 Å². The van der Waals surface area contributed by atoms with Crippen LogP contribution in [0.2, 0.25) is 0 Å². The first-order valence-corrected chi connectivity index (χ1v) is 18.3. The number of ether oxygens (including phenoxy) is 1. The van der Waals surface area contributed by atoms with Gasteiger partial charge in [-0.15, -0.1) is 0 Å². The van der Waals surface area contributed by atoms with E-state index in [9.17, 15) is 43.3 Å². The van der Waals surface area contributed by atoms with Crippen molar-refractivity contribution in [2.75, 3.05) is 41.3 Å². The quantitative estimate of drug-likeness (QED) is 0.156. The highest BCUT2D eigenvalue weighted by atomic mass is 19.4. The molecule has 3 aromatic heterocycles. The number of nitrogens with one attached hydrogen (secondary N) is 1. The first-order chi connectivity index (χ1) is 27.3. The number of carbonyl (C=O) groups is 1. The number of carbonyl (C=O) groups excluding carboxylic acids is 1. The molecule has 0 radical (unpaired) electrons. The van der Waals surface area contributed by atoms with Crippen LogP contribution in [0.5, 0.6) is 0 Å². The number of aliphatic hydroxyl groups excluding tert-OH is 1. The summed E-state index contributed by atoms with van der Waals surface area (Å²) in [5.41, 5.74) is -0.0676. The topological polar surface area (TPSA) is 216 Å². The van der Waals surface area contributed by atoms with Crippen LogP contribution in [0, 0.1) is 20.2 Å². The van der Waals surface area contributed by atoms with Crippen molar-refractivity contribution in [3.63, 3.8) is 0 Å². The van der Waals surface area contributed by atoms with Crippen LogP contribution in [0.4, 0.5) is 47.2 Å². The van der Waals surface area contributed by atoms with Gasteiger partial charge in [-0.1, -0.05) is 0 Å². The normalized spacial score (nSPS) is 20.4. The van der Waals surface area contributed by atoms with E-state index in [4.69, 9.17) is 4.74 Å². The molecule has 19 nitrogen and oxygen atoms in total. The highest BCUT2D eigenvalue weighted by Gasteiger charge is 2.42. The lowest BCUT2D eigenvalue weighted by atomic mass is 9.96. The molecule has 0 unspecified atom stereocenters. The van der Waals surface area contributed by atoms with E-state index < -0.39 is 57.5 Å². The summed E-state index contributed by atoms with van der Waals surface area (Å²) in [6, 6.07) is 7.54. The second kappa shape index (κ2) is 14.9. The zero-order valence-electron chi connectivity index (χ0n) is 32.1. The molecular weight excluding hydrogens is 769 g/mol. The molecule has 0 aliphatic carbocycles. The number of benzene rings is 2. The molecule has 2 saturated heterocycles. The maximum Gasteiger partial charge on any atom is 0.419 e. The number of amides is 1. The molecule has 58 heavy (non-hydrogen) atoms. The summed E-state index contributed by atoms with van der Waals surface area (Å²) in [5, 5.41) is 37.1. The predicted molar refractivity (Wildman–Crippen MR) is 204 cm³/mol. The first kappa shape index (κ1) is 39.9. The molecule has 5 aromatic rings. The van der Waals surface area contributed by atoms with Gasteiger partial charge in [0.15, 0.2) is 0 Å². The first-order valence-electron chi connectivity index (χ1n) is 18.3. The number of nitrogens with zero attached hydrogens (tertiary/aromatic N) is 11. The standard InChI is InChI=1S/C36H41F3N12O7/c1-35(2,3)49(24-11-25(52)18-48(17-24)33-44-28-13-23(51(56)57)7-9-30(28)46(33)5)34(53)58-26-10-21(42-31-40-14-20(15-41-31)36(37,38)39)16-47(19-26)32-43-27-12-22(50(54)55)6-8-29(27)45(32)4/h6-9,12-15,21,24-26,52H,10-11,16-19H2,1-5H3,(H,40,41,42)/t21-,24-,25-,26-/m1/s1. The summed E-state index contributed by atoms with van der Waals surface area (Å²) >= 11 is 0. The summed E-state index contributed by atoms with van der Waals surface area (Å²) in [7, 11) is 3.50. The fraction of sp³-hybridized carbons (Fsp3) is 0.472. The number of non-ortho nitro benzene ring substituents is 2. The van der Waals surface area contributed by atoms with E-state index in [-0.39, 0.29) is 56.3 Å². The van der Waals surface area contributed by atoms with E-state index in [1.165, 1.54) is 24.3 Å². The number of nitro groups is 2. The number of hydrogen-bond donors (Lipinski definition) is 2. The van der Waals surface area contributed by atoms with Crippen molar-refractivity contribution < 1.29 is 37.7 Å². The SMILES string of the molecule is Cn1c(N2C[C@H](Nc3ncc(C(F)(F)F)cn3)C[C@@H](OC(=O)N([C@@H]3C[C@@H](O)CN(c4nc5cc([N+](=O)[O-])ccc5n4C)C3)C(C)(C)C)C2)nc2cc([N+](=O)[O-])ccc21. The van der Waals surface area contributed by atoms with Crippen LogP contribution >= 0.6 is 0 Å². The van der Waals surface area contributed by atoms with Crippen LogP contribution in [0.3, 0.4) is 0 Å². The highest BCUT2D eigenvalue weighted by Crippen LogP contribution is 2.33. The van der Waals surface area contributed by atoms with Gasteiger partial charge in [0.05, 0.1) is 62.2 Å². The minimum absolute atomic E-state index is 0.0743. The zero-order valence-corrected chi connectivity index (χ0v) is 32.1. The molecule has 7 rings (SSSR count). The molecule has 2 fully saturated rings. The molecule has 0 bridgehead atoms. The van der Waals surface area contributed by atoms with Crippen LogP contribution < -0.4 is 15.1 Å². The van der Waals surface area contributed by atoms with E-state index in [2.05, 4.69) is 25.3 Å². The lowest BCUT2D eigenvalue weighted by Gasteiger charge is -2.47. The van der Waals surface area contributed by atoms with Gasteiger partial charge < -0.3 is 34.1 Å². The van der Waals surface area contributed by atoms with Gasteiger partial charge >= 0.3 is 12.3 Å². The molecule has 0 spiro atoms. The van der Waals surface area contributed by atoms with Crippen molar-refractivity contribution >= 4 is 57.4 Å². The van der Waals surface area contributed by atoms with E-state index in [1.807, 2.05) is 30.6 Å². The van der Waals surface area contributed by atoms with E-state index in [0.29, 0.717) is 46.4 Å². The molecule has 0 saturated carbocycles. The fourth-order valence-corrected chi connectivity index (χ4v) is 7.85. The Morgan fingerprint density at radius 2 is 1.40 bits per heavy atom. The number of rotatable bonds is 8. The Kier molecular flexibility index (Phi) is 10.2. The maximum absolute atomic E-state index is 14.4. The number of nitro benzene ring substituents is 2. The number of anilines is 3. The minimum atomic E-state index is -4.63. The van der Waals surface area contributed by atoms with Crippen molar-refractivity contribution in [2.45, 2.75) is 69.6 Å². The van der Waals surface area contributed by atoms with Crippen molar-refractivity contribution in [2.24, 2.45) is 14.1 Å². The van der Waals surface area contributed by atoms with Gasteiger partial charge in [0.1, 0.15) is 6.10 Å². The molecule has 2 aliphatic heterocycles. The minimum Gasteiger partial charge on any atom is -0.444 e. The predicted octanol–water partition coefficient (Wildman–Crippen LogP) is 5.02. The smallest absolute Gasteiger partial charge is 0.419 e. The van der Waals surface area contributed by atoms with Crippen LogP contribution in [0.15, 0.2) is 48.8 Å². The Morgan fingerprint density at radius 3 is 1.90 bits per heavy atom. The number of aromatic nitrogens is 6. The number of imidazole rings is 2. The number of alkyl halides is 3. The third-order valence-electron chi connectivity index (χ3n) is 10.4. The maximum atomic E-state index is 14.4. The number of hydrogen-bond acceptors (Lipinski definition) is 14. The molecule has 2 N–H and O–H groups in total. The van der Waals surface area contributed by atoms with E-state index >= 15 is 0 Å². The van der Waals surface area contributed by atoms with Crippen molar-refractivity contribution in [1.82, 2.24) is 34.0 Å². The largest absolute Gasteiger partial charge is 0.444 e. The number of fused-ring (bicyclic) bond motifs is 2. The number of β-amino-alcohol motifs (C(OH)–C–C–N with tert-alkyl or cyclic N) is 1. The lowest BCUT2D eigenvalue weighted by Crippen LogP contribution is -2.61. The number of halogens is 3. The third-order valence-corrected chi connectivity index (χ3v) is 10.4. The van der Waals surface area contributed by atoms with Crippen LogP contribution in [0.25, 0.3) is 22.1 Å². The summed E-state index contributed by atoms with van der Waals surface area (Å²) < 4.78 is 49.5. The number of aryl methyl sites for hydroxylation is 2. The summed E-state index contributed by atoms with van der Waals surface area (Å²) in [6.07, 6.45) is -5.23. The molecule has 5 heterocycles. The zero-order chi connectivity index (χ0) is 41.8. The molecule has 2 aliphatic rings. The molecule has 2 aromatic carbocycles. The molecule has 22 heteroatoms. The number of aliphatic hydroxyl groups is 1. The van der Waals surface area contributed by atoms with Gasteiger partial charge in [0, 0.05) is 82.3 Å². The van der Waals surface area contributed by atoms with Crippen LogP contribution in [-0.2, 0) is 25.0 Å². The van der Waals surface area contributed by atoms with E-state index in [0.717, 1.165) is 0 Å². The highest BCUT2D eigenvalue weighted by molar-refractivity contribution is 5.82. The van der Waals surface area contributed by atoms with Crippen molar-refractivity contribution in [3.05, 3.63) is 74.6 Å². The van der Waals surface area contributed by atoms with Gasteiger partial charge in [-0.25, -0.2) is 24.7 Å². The third kappa shape index (κ3) is 7.95. The molecular formula is C36H41F3N12O7. The molecule has 4 atom stereocenters. The summed E-state index contributed by atoms with van der Waals surface area (Å²) in [6.45, 7) is 6.33. The second-order valence-electron chi connectivity index (χ2n) is 15.6. The number of piperidine rings is 2. The Hall–Kier alpha value is -6.32. The van der Waals surface area contributed by atoms with Crippen molar-refractivity contribution in [1.29, 1.82) is 0 Å². The summed E-state index contributed by atoms with van der Waals surface area (Å²) in [4.78, 5) is 58.6. The van der Waals surface area contributed by atoms with E-state index in [1.54, 1.807) is 40.3 Å². The van der Waals surface area contributed by atoms with Crippen LogP contribution in [-0.4, -0.2) is 111 Å². The monoisotopic (exact) mass is 810 g/mol. The Morgan fingerprint density at radius 1 is 0.862 bits per heavy atom. The average molecular weight is 811 g/mol. The Labute approximate surface area is 328 Å². The fourth-order valence-electron chi connectivity index (χ4n) is 7.85. The Balaban J connectivity index is 1.16. The van der Waals surface area contributed by atoms with Gasteiger partial charge in [0.2, 0.25) is 17.8 Å². The second-order valence-corrected chi connectivity index (χ2v) is 15.6. The van der Waals surface area contributed by atoms with Gasteiger partial charge in [-0.05, 0) is 39.3 Å². The van der Waals surface area contributed by atoms with Gasteiger partial charge in [-0.3, -0.25) is 25.1 Å². The van der Waals surface area contributed by atoms with Gasteiger partial charge in [0.25, 0.3) is 11.4 Å². The molecule has 1 amide bonds. The average Bonchev–Trinajstić information content (AvgIpc) is 3.65.